The Morgan fingerprint density at radius 1 is 1.15 bits per heavy atom. The highest BCUT2D eigenvalue weighted by Crippen LogP contribution is 2.19. The normalized spacial score (nSPS) is 14.7. The number of imidazole rings is 1. The van der Waals surface area contributed by atoms with Crippen LogP contribution in [0.5, 0.6) is 0 Å². The Balaban J connectivity index is 2.07. The molecule has 0 radical (unpaired) electrons. The number of hydrogen-bond donors (Lipinski definition) is 0. The van der Waals surface area contributed by atoms with Crippen molar-refractivity contribution in [2.45, 2.75) is 13.2 Å². The van der Waals surface area contributed by atoms with E-state index in [0.717, 1.165) is 13.1 Å². The van der Waals surface area contributed by atoms with Crippen LogP contribution in [0.25, 0.3) is 0 Å². The maximum Gasteiger partial charge on any atom is 0.435 e. The second-order valence-corrected chi connectivity index (χ2v) is 6.42. The lowest BCUT2D eigenvalue weighted by atomic mass is 10.3. The number of ether oxygens (including phenoxy) is 2. The lowest BCUT2D eigenvalue weighted by Crippen LogP contribution is -2.47. The SMILES string of the molecule is CN1CCN(C(=O)OCc2nc([N+](=O)[O-])n(C)c2COC(=O)N(C)C)CC1. The van der Waals surface area contributed by atoms with E-state index in [2.05, 4.69) is 9.88 Å². The van der Waals surface area contributed by atoms with Gasteiger partial charge in [-0.3, -0.25) is 0 Å². The monoisotopic (exact) mass is 384 g/mol. The third-order valence-electron chi connectivity index (χ3n) is 4.23. The summed E-state index contributed by atoms with van der Waals surface area (Å²) in [6, 6.07) is 0. The van der Waals surface area contributed by atoms with Gasteiger partial charge in [0.05, 0.1) is 7.05 Å². The van der Waals surface area contributed by atoms with Crippen LogP contribution in [0, 0.1) is 10.1 Å². The lowest BCUT2D eigenvalue weighted by molar-refractivity contribution is -0.396. The molecule has 2 heterocycles. The Bertz CT molecular complexity index is 710. The van der Waals surface area contributed by atoms with Crippen molar-refractivity contribution in [3.8, 4) is 0 Å². The molecule has 0 N–H and O–H groups in total. The molecule has 0 aromatic carbocycles. The molecule has 1 aromatic heterocycles. The molecule has 2 amide bonds. The summed E-state index contributed by atoms with van der Waals surface area (Å²) in [5, 5.41) is 11.1. The van der Waals surface area contributed by atoms with Gasteiger partial charge in [0.2, 0.25) is 0 Å². The minimum Gasteiger partial charge on any atom is -0.441 e. The van der Waals surface area contributed by atoms with Crippen molar-refractivity contribution in [2.24, 2.45) is 7.05 Å². The molecule has 1 aromatic rings. The van der Waals surface area contributed by atoms with Crippen LogP contribution in [-0.2, 0) is 29.7 Å². The molecule has 12 nitrogen and oxygen atoms in total. The molecule has 1 aliphatic rings. The smallest absolute Gasteiger partial charge is 0.435 e. The van der Waals surface area contributed by atoms with Crippen molar-refractivity contribution in [3.05, 3.63) is 21.5 Å². The van der Waals surface area contributed by atoms with Crippen molar-refractivity contribution in [3.63, 3.8) is 0 Å². The molecular formula is C15H24N6O6. The number of aromatic nitrogens is 2. The van der Waals surface area contributed by atoms with Gasteiger partial charge in [0.15, 0.2) is 24.6 Å². The van der Waals surface area contributed by atoms with Gasteiger partial charge >= 0.3 is 18.1 Å². The van der Waals surface area contributed by atoms with Crippen molar-refractivity contribution in [1.82, 2.24) is 24.3 Å². The minimum atomic E-state index is -0.650. The maximum atomic E-state index is 12.2. The largest absolute Gasteiger partial charge is 0.441 e. The van der Waals surface area contributed by atoms with E-state index < -0.39 is 23.1 Å². The van der Waals surface area contributed by atoms with Crippen LogP contribution in [0.1, 0.15) is 11.4 Å². The average molecular weight is 384 g/mol. The van der Waals surface area contributed by atoms with E-state index in [1.165, 1.54) is 30.6 Å². The predicted octanol–water partition coefficient (Wildman–Crippen LogP) is 0.411. The zero-order valence-corrected chi connectivity index (χ0v) is 15.9. The Labute approximate surface area is 156 Å². The predicted molar refractivity (Wildman–Crippen MR) is 93.0 cm³/mol. The van der Waals surface area contributed by atoms with Crippen molar-refractivity contribution in [1.29, 1.82) is 0 Å². The maximum absolute atomic E-state index is 12.2. The Hall–Kier alpha value is -2.89. The van der Waals surface area contributed by atoms with E-state index in [9.17, 15) is 19.7 Å². The molecule has 1 fully saturated rings. The molecule has 0 bridgehead atoms. The highest BCUT2D eigenvalue weighted by Gasteiger charge is 2.28. The van der Waals surface area contributed by atoms with E-state index in [1.54, 1.807) is 4.90 Å². The van der Waals surface area contributed by atoms with Crippen LogP contribution >= 0.6 is 0 Å². The molecule has 1 aliphatic heterocycles. The summed E-state index contributed by atoms with van der Waals surface area (Å²) in [7, 11) is 6.45. The Morgan fingerprint density at radius 3 is 2.33 bits per heavy atom. The standard InChI is InChI=1S/C15H24N6O6/c1-17(2)14(22)27-10-12-11(16-13(19(12)4)21(24)25)9-26-15(23)20-7-5-18(3)6-8-20/h5-10H2,1-4H3. The molecule has 0 atom stereocenters. The first kappa shape index (κ1) is 20.4. The summed E-state index contributed by atoms with van der Waals surface area (Å²) < 4.78 is 11.6. The van der Waals surface area contributed by atoms with Crippen LogP contribution in [0.2, 0.25) is 0 Å². The van der Waals surface area contributed by atoms with E-state index in [1.807, 2.05) is 7.05 Å². The first-order chi connectivity index (χ1) is 12.7. The number of piperazine rings is 1. The molecule has 0 unspecified atom stereocenters. The van der Waals surface area contributed by atoms with Crippen molar-refractivity contribution >= 4 is 18.1 Å². The fourth-order valence-electron chi connectivity index (χ4n) is 2.50. The molecule has 27 heavy (non-hydrogen) atoms. The summed E-state index contributed by atoms with van der Waals surface area (Å²) in [5.41, 5.74) is 0.473. The van der Waals surface area contributed by atoms with Gasteiger partial charge in [-0.25, -0.2) is 14.2 Å². The highest BCUT2D eigenvalue weighted by molar-refractivity contribution is 5.68. The van der Waals surface area contributed by atoms with Crippen molar-refractivity contribution in [2.75, 3.05) is 47.3 Å². The van der Waals surface area contributed by atoms with Gasteiger partial charge in [0, 0.05) is 40.3 Å². The molecule has 0 spiro atoms. The van der Waals surface area contributed by atoms with Gasteiger partial charge in [-0.2, -0.15) is 0 Å². The molecule has 2 rings (SSSR count). The number of nitrogens with zero attached hydrogens (tertiary/aromatic N) is 6. The summed E-state index contributed by atoms with van der Waals surface area (Å²) in [4.78, 5) is 43.1. The molecular weight excluding hydrogens is 360 g/mol. The van der Waals surface area contributed by atoms with Gasteiger partial charge in [-0.1, -0.05) is 4.98 Å². The summed E-state index contributed by atoms with van der Waals surface area (Å²) in [5.74, 6) is -0.420. The van der Waals surface area contributed by atoms with Gasteiger partial charge < -0.3 is 34.3 Å². The third-order valence-corrected chi connectivity index (χ3v) is 4.23. The summed E-state index contributed by atoms with van der Waals surface area (Å²) in [6.45, 7) is 2.11. The number of likely N-dealkylation sites (N-methyl/N-ethyl adjacent to an activating group) is 1. The number of carbonyl (C=O) groups excluding carboxylic acids is 2. The van der Waals surface area contributed by atoms with E-state index in [4.69, 9.17) is 9.47 Å². The lowest BCUT2D eigenvalue weighted by Gasteiger charge is -2.31. The van der Waals surface area contributed by atoms with E-state index >= 15 is 0 Å². The molecule has 0 saturated carbocycles. The molecule has 150 valence electrons. The van der Waals surface area contributed by atoms with Gasteiger partial charge in [0.1, 0.15) is 0 Å². The van der Waals surface area contributed by atoms with Gasteiger partial charge in [-0.05, 0) is 12.0 Å². The summed E-state index contributed by atoms with van der Waals surface area (Å²) >= 11 is 0. The van der Waals surface area contributed by atoms with Crippen LogP contribution in [-0.4, -0.2) is 88.7 Å². The van der Waals surface area contributed by atoms with E-state index in [0.29, 0.717) is 18.8 Å². The number of hydrogen-bond acceptors (Lipinski definition) is 8. The second kappa shape index (κ2) is 8.66. The Kier molecular flexibility index (Phi) is 6.55. The quantitative estimate of drug-likeness (QED) is 0.528. The number of rotatable bonds is 5. The van der Waals surface area contributed by atoms with Gasteiger partial charge in [0.25, 0.3) is 0 Å². The van der Waals surface area contributed by atoms with E-state index in [-0.39, 0.29) is 18.9 Å². The minimum absolute atomic E-state index is 0.179. The highest BCUT2D eigenvalue weighted by atomic mass is 16.6. The fraction of sp³-hybridized carbons (Fsp3) is 0.667. The zero-order valence-electron chi connectivity index (χ0n) is 15.9. The molecule has 12 heteroatoms. The summed E-state index contributed by atoms with van der Waals surface area (Å²) in [6.07, 6.45) is -1.10. The zero-order chi connectivity index (χ0) is 20.1. The van der Waals surface area contributed by atoms with Crippen molar-refractivity contribution < 1.29 is 24.0 Å². The van der Waals surface area contributed by atoms with Gasteiger partial charge in [-0.15, -0.1) is 0 Å². The first-order valence-corrected chi connectivity index (χ1v) is 8.34. The van der Waals surface area contributed by atoms with Crippen LogP contribution < -0.4 is 0 Å². The van der Waals surface area contributed by atoms with Crippen LogP contribution in [0.15, 0.2) is 0 Å². The van der Waals surface area contributed by atoms with Crippen LogP contribution in [0.3, 0.4) is 0 Å². The molecule has 0 aliphatic carbocycles. The number of amides is 2. The third kappa shape index (κ3) is 5.06. The van der Waals surface area contributed by atoms with Crippen LogP contribution in [0.4, 0.5) is 15.5 Å². The topological polar surface area (TPSA) is 123 Å². The first-order valence-electron chi connectivity index (χ1n) is 8.34. The average Bonchev–Trinajstić information content (AvgIpc) is 2.94. The molecule has 1 saturated heterocycles. The second-order valence-electron chi connectivity index (χ2n) is 6.42. The fourth-order valence-corrected chi connectivity index (χ4v) is 2.50. The Morgan fingerprint density at radius 2 is 1.78 bits per heavy atom. The number of nitro groups is 1. The number of carbonyl (C=O) groups is 2.